The van der Waals surface area contributed by atoms with Crippen LogP contribution in [0.25, 0.3) is 0 Å². The first-order chi connectivity index (χ1) is 8.61. The van der Waals surface area contributed by atoms with Gasteiger partial charge in [0.05, 0.1) is 21.7 Å². The summed E-state index contributed by atoms with van der Waals surface area (Å²) in [4.78, 5) is 4.26. The molecule has 94 valence electrons. The smallest absolute Gasteiger partial charge is 0.144 e. The first-order valence-electron chi connectivity index (χ1n) is 5.02. The molecule has 0 bridgehead atoms. The molecule has 18 heavy (non-hydrogen) atoms. The van der Waals surface area contributed by atoms with Crippen molar-refractivity contribution in [2.75, 3.05) is 12.4 Å². The second-order valence-corrected chi connectivity index (χ2v) is 5.99. The summed E-state index contributed by atoms with van der Waals surface area (Å²) in [6, 6.07) is 7.62. The molecule has 0 atom stereocenters. The molecule has 1 aromatic carbocycles. The van der Waals surface area contributed by atoms with Crippen LogP contribution in [0.3, 0.4) is 0 Å². The number of aromatic nitrogens is 1. The Morgan fingerprint density at radius 2 is 1.89 bits per heavy atom. The predicted molar refractivity (Wildman–Crippen MR) is 83.6 cm³/mol. The van der Waals surface area contributed by atoms with Gasteiger partial charge in [-0.3, -0.25) is 0 Å². The van der Waals surface area contributed by atoms with E-state index < -0.39 is 0 Å². The van der Waals surface area contributed by atoms with Gasteiger partial charge in [-0.25, -0.2) is 4.98 Å². The largest absolute Gasteiger partial charge is 0.495 e. The normalized spacial score (nSPS) is 10.2. The predicted octanol–water partition coefficient (Wildman–Crippen LogP) is 5.12. The maximum Gasteiger partial charge on any atom is 0.144 e. The molecule has 0 fully saturated rings. The van der Waals surface area contributed by atoms with Gasteiger partial charge in [-0.1, -0.05) is 0 Å². The van der Waals surface area contributed by atoms with Gasteiger partial charge in [0.1, 0.15) is 11.6 Å². The standard InChI is InChI=1S/C12H9Br3N2O/c1-18-11-6-10(8(14)5-9(11)15)17-12-7(13)3-2-4-16-12/h2-6H,1H3,(H,16,17). The number of rotatable bonds is 3. The molecule has 0 spiro atoms. The van der Waals surface area contributed by atoms with Crippen LogP contribution in [0, 0.1) is 0 Å². The van der Waals surface area contributed by atoms with Gasteiger partial charge in [0.25, 0.3) is 0 Å². The molecule has 0 aliphatic carbocycles. The molecule has 0 saturated heterocycles. The second kappa shape index (κ2) is 6.04. The lowest BCUT2D eigenvalue weighted by Gasteiger charge is -2.12. The van der Waals surface area contributed by atoms with Crippen molar-refractivity contribution in [2.24, 2.45) is 0 Å². The molecule has 3 nitrogen and oxygen atoms in total. The van der Waals surface area contributed by atoms with Crippen LogP contribution >= 0.6 is 47.8 Å². The van der Waals surface area contributed by atoms with E-state index >= 15 is 0 Å². The highest BCUT2D eigenvalue weighted by Gasteiger charge is 2.09. The Kier molecular flexibility index (Phi) is 4.64. The van der Waals surface area contributed by atoms with Crippen LogP contribution in [0.1, 0.15) is 0 Å². The number of anilines is 2. The van der Waals surface area contributed by atoms with Crippen molar-refractivity contribution in [3.05, 3.63) is 43.9 Å². The van der Waals surface area contributed by atoms with Gasteiger partial charge in [0.2, 0.25) is 0 Å². The van der Waals surface area contributed by atoms with E-state index in [4.69, 9.17) is 4.74 Å². The fraction of sp³-hybridized carbons (Fsp3) is 0.0833. The maximum absolute atomic E-state index is 5.27. The molecule has 2 aromatic rings. The van der Waals surface area contributed by atoms with Crippen molar-refractivity contribution in [3.8, 4) is 5.75 Å². The molecule has 1 N–H and O–H groups in total. The Morgan fingerprint density at radius 1 is 1.11 bits per heavy atom. The van der Waals surface area contributed by atoms with Gasteiger partial charge in [-0.2, -0.15) is 0 Å². The Morgan fingerprint density at radius 3 is 2.56 bits per heavy atom. The lowest BCUT2D eigenvalue weighted by atomic mass is 10.3. The number of hydrogen-bond acceptors (Lipinski definition) is 3. The Hall–Kier alpha value is -0.590. The maximum atomic E-state index is 5.27. The minimum Gasteiger partial charge on any atom is -0.495 e. The number of nitrogens with one attached hydrogen (secondary N) is 1. The molecule has 0 aliphatic rings. The second-order valence-electron chi connectivity index (χ2n) is 3.43. The SMILES string of the molecule is COc1cc(Nc2ncccc2Br)c(Br)cc1Br. The highest BCUT2D eigenvalue weighted by Crippen LogP contribution is 2.36. The van der Waals surface area contributed by atoms with Crippen molar-refractivity contribution < 1.29 is 4.74 Å². The number of methoxy groups -OCH3 is 1. The topological polar surface area (TPSA) is 34.1 Å². The third kappa shape index (κ3) is 3.05. The molecule has 1 heterocycles. The molecule has 0 saturated carbocycles. The van der Waals surface area contributed by atoms with Crippen LogP contribution in [0.15, 0.2) is 43.9 Å². The number of hydrogen-bond donors (Lipinski definition) is 1. The van der Waals surface area contributed by atoms with Gasteiger partial charge >= 0.3 is 0 Å². The summed E-state index contributed by atoms with van der Waals surface area (Å²) in [6.45, 7) is 0. The summed E-state index contributed by atoms with van der Waals surface area (Å²) in [5.41, 5.74) is 0.884. The van der Waals surface area contributed by atoms with Gasteiger partial charge < -0.3 is 10.1 Å². The first kappa shape index (κ1) is 13.8. The molecule has 0 amide bonds. The molecular formula is C12H9Br3N2O. The van der Waals surface area contributed by atoms with Crippen LogP contribution in [0.4, 0.5) is 11.5 Å². The van der Waals surface area contributed by atoms with Gasteiger partial charge in [0.15, 0.2) is 0 Å². The summed E-state index contributed by atoms with van der Waals surface area (Å²) in [5, 5.41) is 3.24. The lowest BCUT2D eigenvalue weighted by molar-refractivity contribution is 0.412. The van der Waals surface area contributed by atoms with Crippen molar-refractivity contribution in [3.63, 3.8) is 0 Å². The molecule has 0 unspecified atom stereocenters. The number of benzene rings is 1. The monoisotopic (exact) mass is 434 g/mol. The quantitative estimate of drug-likeness (QED) is 0.725. The Bertz CT molecular complexity index is 575. The van der Waals surface area contributed by atoms with E-state index in [0.717, 1.165) is 30.7 Å². The third-order valence-electron chi connectivity index (χ3n) is 2.25. The van der Waals surface area contributed by atoms with Crippen molar-refractivity contribution >= 4 is 59.3 Å². The summed E-state index contributed by atoms with van der Waals surface area (Å²) >= 11 is 10.4. The number of halogens is 3. The van der Waals surface area contributed by atoms with E-state index in [1.54, 1.807) is 13.3 Å². The summed E-state index contributed by atoms with van der Waals surface area (Å²) < 4.78 is 7.99. The summed E-state index contributed by atoms with van der Waals surface area (Å²) in [7, 11) is 1.63. The Labute approximate surface area is 130 Å². The molecule has 0 aliphatic heterocycles. The zero-order chi connectivity index (χ0) is 13.1. The van der Waals surface area contributed by atoms with Gasteiger partial charge in [0, 0.05) is 16.7 Å². The summed E-state index contributed by atoms with van der Waals surface area (Å²) in [6.07, 6.45) is 1.73. The Balaban J connectivity index is 2.38. The summed E-state index contributed by atoms with van der Waals surface area (Å²) in [5.74, 6) is 1.51. The van der Waals surface area contributed by atoms with Crippen LogP contribution in [0.5, 0.6) is 5.75 Å². The fourth-order valence-electron chi connectivity index (χ4n) is 1.39. The fourth-order valence-corrected chi connectivity index (χ4v) is 3.00. The average molecular weight is 437 g/mol. The number of pyridine rings is 1. The zero-order valence-corrected chi connectivity index (χ0v) is 14.1. The van der Waals surface area contributed by atoms with Crippen molar-refractivity contribution in [2.45, 2.75) is 0 Å². The molecule has 2 rings (SSSR count). The molecule has 6 heteroatoms. The van der Waals surface area contributed by atoms with Crippen molar-refractivity contribution in [1.29, 1.82) is 0 Å². The highest BCUT2D eigenvalue weighted by atomic mass is 79.9. The van der Waals surface area contributed by atoms with E-state index in [2.05, 4.69) is 58.1 Å². The van der Waals surface area contributed by atoms with E-state index in [0.29, 0.717) is 0 Å². The van der Waals surface area contributed by atoms with Gasteiger partial charge in [-0.05, 0) is 66.0 Å². The van der Waals surface area contributed by atoms with Crippen LogP contribution < -0.4 is 10.1 Å². The minimum atomic E-state index is 0.752. The molecule has 0 radical (unpaired) electrons. The van der Waals surface area contributed by atoms with Crippen LogP contribution in [0.2, 0.25) is 0 Å². The highest BCUT2D eigenvalue weighted by molar-refractivity contribution is 9.11. The van der Waals surface area contributed by atoms with Gasteiger partial charge in [-0.15, -0.1) is 0 Å². The molecular weight excluding hydrogens is 428 g/mol. The van der Waals surface area contributed by atoms with E-state index in [1.165, 1.54) is 0 Å². The van der Waals surface area contributed by atoms with E-state index in [-0.39, 0.29) is 0 Å². The zero-order valence-electron chi connectivity index (χ0n) is 9.38. The average Bonchev–Trinajstić information content (AvgIpc) is 2.35. The van der Waals surface area contributed by atoms with Crippen LogP contribution in [-0.2, 0) is 0 Å². The van der Waals surface area contributed by atoms with Crippen molar-refractivity contribution in [1.82, 2.24) is 4.98 Å². The van der Waals surface area contributed by atoms with E-state index in [1.807, 2.05) is 24.3 Å². The lowest BCUT2D eigenvalue weighted by Crippen LogP contribution is -1.96. The number of ether oxygens (including phenoxy) is 1. The third-order valence-corrected chi connectivity index (χ3v) is 4.17. The number of nitrogens with zero attached hydrogens (tertiary/aromatic N) is 1. The van der Waals surface area contributed by atoms with Crippen LogP contribution in [-0.4, -0.2) is 12.1 Å². The first-order valence-corrected chi connectivity index (χ1v) is 7.40. The molecule has 1 aromatic heterocycles. The minimum absolute atomic E-state index is 0.752. The van der Waals surface area contributed by atoms with E-state index in [9.17, 15) is 0 Å².